The number of hydrogen-bond donors (Lipinski definition) is 2. The van der Waals surface area contributed by atoms with Crippen LogP contribution < -0.4 is 10.6 Å². The molecular weight excluding hydrogens is 523 g/mol. The number of carbonyl (C=O) groups is 2. The third-order valence-corrected chi connectivity index (χ3v) is 12.0. The molecule has 0 aliphatic rings. The van der Waals surface area contributed by atoms with E-state index in [1.165, 1.54) is 12.1 Å². The van der Waals surface area contributed by atoms with Crippen molar-refractivity contribution in [1.29, 1.82) is 0 Å². The standard InChI is InChI=1S/C27H38FN2O2P.Y/c1-8-12-23(27(32)30-26-20(6)15-22(28)16-21(26)7)33(9-2,10-3)17-24(31)29-25-18(4)13-11-14-19(25)5;/h11,13-16,23H,8-10,12,17H2,1-7H3,(H-,29,30,31,32);/p+1. The summed E-state index contributed by atoms with van der Waals surface area (Å²) in [4.78, 5) is 26.8. The van der Waals surface area contributed by atoms with Gasteiger partial charge in [-0.05, 0) is 82.3 Å². The van der Waals surface area contributed by atoms with Crippen molar-refractivity contribution in [3.63, 3.8) is 0 Å². The van der Waals surface area contributed by atoms with Gasteiger partial charge in [-0.15, -0.1) is 0 Å². The molecule has 1 radical (unpaired) electrons. The summed E-state index contributed by atoms with van der Waals surface area (Å²) < 4.78 is 13.8. The summed E-state index contributed by atoms with van der Waals surface area (Å²) in [5, 5.41) is 6.22. The molecule has 0 spiro atoms. The Morgan fingerprint density at radius 2 is 1.38 bits per heavy atom. The molecule has 1 atom stereocenters. The molecule has 183 valence electrons. The Balaban J connectivity index is 0.00000578. The van der Waals surface area contributed by atoms with Crippen LogP contribution in [0, 0.1) is 33.5 Å². The molecule has 0 bridgehead atoms. The number of benzene rings is 2. The maximum Gasteiger partial charge on any atom is 0.265 e. The van der Waals surface area contributed by atoms with Crippen LogP contribution in [-0.2, 0) is 42.3 Å². The number of hydrogen-bond acceptors (Lipinski definition) is 2. The van der Waals surface area contributed by atoms with E-state index in [2.05, 4.69) is 31.4 Å². The van der Waals surface area contributed by atoms with E-state index < -0.39 is 7.26 Å². The molecule has 0 aliphatic heterocycles. The molecule has 4 nitrogen and oxygen atoms in total. The molecule has 0 aromatic heterocycles. The van der Waals surface area contributed by atoms with Gasteiger partial charge in [-0.2, -0.15) is 0 Å². The van der Waals surface area contributed by atoms with Gasteiger partial charge in [-0.3, -0.25) is 9.59 Å². The van der Waals surface area contributed by atoms with Gasteiger partial charge in [0.1, 0.15) is 17.6 Å². The molecule has 0 heterocycles. The average Bonchev–Trinajstić information content (AvgIpc) is 2.75. The zero-order valence-corrected chi connectivity index (χ0v) is 25.5. The Morgan fingerprint density at radius 3 is 1.85 bits per heavy atom. The van der Waals surface area contributed by atoms with Crippen LogP contribution in [0.15, 0.2) is 30.3 Å². The summed E-state index contributed by atoms with van der Waals surface area (Å²) in [6.07, 6.45) is 3.62. The minimum absolute atomic E-state index is 0. The third-order valence-electron chi connectivity index (χ3n) is 6.74. The van der Waals surface area contributed by atoms with Crippen molar-refractivity contribution in [1.82, 2.24) is 0 Å². The molecule has 2 aromatic carbocycles. The molecule has 34 heavy (non-hydrogen) atoms. The van der Waals surface area contributed by atoms with Crippen molar-refractivity contribution >= 4 is 30.5 Å². The van der Waals surface area contributed by atoms with E-state index in [4.69, 9.17) is 0 Å². The number of anilines is 2. The van der Waals surface area contributed by atoms with Crippen molar-refractivity contribution in [2.45, 2.75) is 67.0 Å². The van der Waals surface area contributed by atoms with Crippen molar-refractivity contribution in [3.05, 3.63) is 58.4 Å². The van der Waals surface area contributed by atoms with Crippen LogP contribution in [0.25, 0.3) is 0 Å². The fourth-order valence-corrected chi connectivity index (χ4v) is 8.73. The first-order chi connectivity index (χ1) is 15.6. The number of carbonyl (C=O) groups excluding carboxylic acids is 2. The van der Waals surface area contributed by atoms with Gasteiger partial charge in [0.05, 0.1) is 12.3 Å². The first-order valence-electron chi connectivity index (χ1n) is 11.9. The second-order valence-corrected chi connectivity index (χ2v) is 13.7. The minimum atomic E-state index is -1.94. The quantitative estimate of drug-likeness (QED) is 0.311. The third kappa shape index (κ3) is 7.42. The fourth-order valence-electron chi connectivity index (χ4n) is 4.72. The number of para-hydroxylation sites is 1. The van der Waals surface area contributed by atoms with Gasteiger partial charge >= 0.3 is 0 Å². The van der Waals surface area contributed by atoms with Crippen LogP contribution in [0.1, 0.15) is 55.9 Å². The van der Waals surface area contributed by atoms with E-state index >= 15 is 0 Å². The normalized spacial score (nSPS) is 12.0. The van der Waals surface area contributed by atoms with Gasteiger partial charge in [0.2, 0.25) is 0 Å². The van der Waals surface area contributed by atoms with Gasteiger partial charge in [-0.25, -0.2) is 4.39 Å². The summed E-state index contributed by atoms with van der Waals surface area (Å²) in [6.45, 7) is 13.9. The van der Waals surface area contributed by atoms with Gasteiger partial charge in [-0.1, -0.05) is 31.5 Å². The van der Waals surface area contributed by atoms with Gasteiger partial charge in [0.15, 0.2) is 0 Å². The Labute approximate surface area is 230 Å². The van der Waals surface area contributed by atoms with Crippen molar-refractivity contribution in [2.24, 2.45) is 0 Å². The molecule has 7 heteroatoms. The van der Waals surface area contributed by atoms with Gasteiger partial charge < -0.3 is 10.6 Å². The Kier molecular flexibility index (Phi) is 12.5. The molecule has 2 N–H and O–H groups in total. The first kappa shape index (κ1) is 30.9. The second kappa shape index (κ2) is 13.8. The molecule has 0 aliphatic carbocycles. The number of amides is 2. The first-order valence-corrected chi connectivity index (χ1v) is 14.3. The molecule has 2 amide bonds. The zero-order chi connectivity index (χ0) is 24.8. The number of aryl methyl sites for hydroxylation is 4. The molecule has 1 unspecified atom stereocenters. The maximum atomic E-state index is 13.8. The van der Waals surface area contributed by atoms with E-state index in [0.29, 0.717) is 23.0 Å². The predicted octanol–water partition coefficient (Wildman–Crippen LogP) is 6.86. The van der Waals surface area contributed by atoms with Crippen LogP contribution in [0.5, 0.6) is 0 Å². The number of halogens is 1. The molecule has 2 aromatic rings. The fraction of sp³-hybridized carbons (Fsp3) is 0.481. The summed E-state index contributed by atoms with van der Waals surface area (Å²) in [5.74, 6) is -0.376. The van der Waals surface area contributed by atoms with Crippen molar-refractivity contribution in [2.75, 3.05) is 29.1 Å². The van der Waals surface area contributed by atoms with Gasteiger partial charge in [0.25, 0.3) is 11.8 Å². The zero-order valence-electron chi connectivity index (χ0n) is 21.7. The number of rotatable bonds is 10. The average molecular weight is 562 g/mol. The van der Waals surface area contributed by atoms with E-state index in [9.17, 15) is 14.0 Å². The Hall–Kier alpha value is -1.16. The minimum Gasteiger partial charge on any atom is -0.322 e. The SMILES string of the molecule is CCCC(C(=O)Nc1c(C)cc(F)cc1C)[P+](CC)(CC)CC(=O)Nc1c(C)cccc1C.[Y]. The van der Waals surface area contributed by atoms with E-state index in [0.717, 1.165) is 42.0 Å². The molecule has 0 saturated heterocycles. The topological polar surface area (TPSA) is 58.2 Å². The van der Waals surface area contributed by atoms with Crippen LogP contribution in [0.2, 0.25) is 0 Å². The van der Waals surface area contributed by atoms with Crippen LogP contribution in [0.3, 0.4) is 0 Å². The smallest absolute Gasteiger partial charge is 0.265 e. The van der Waals surface area contributed by atoms with Crippen molar-refractivity contribution < 1.29 is 46.7 Å². The van der Waals surface area contributed by atoms with Crippen molar-refractivity contribution in [3.8, 4) is 0 Å². The van der Waals surface area contributed by atoms with E-state index in [1.807, 2.05) is 32.0 Å². The predicted molar refractivity (Wildman–Crippen MR) is 141 cm³/mol. The van der Waals surface area contributed by atoms with Gasteiger partial charge in [0, 0.05) is 51.3 Å². The molecule has 0 fully saturated rings. The molecule has 2 rings (SSSR count). The Morgan fingerprint density at radius 1 is 0.882 bits per heavy atom. The second-order valence-electron chi connectivity index (χ2n) is 9.03. The van der Waals surface area contributed by atoms with Crippen LogP contribution in [-0.4, -0.2) is 36.0 Å². The van der Waals surface area contributed by atoms with E-state index in [-0.39, 0.29) is 56.0 Å². The van der Waals surface area contributed by atoms with E-state index in [1.54, 1.807) is 13.8 Å². The summed E-state index contributed by atoms with van der Waals surface area (Å²) in [6, 6.07) is 8.85. The summed E-state index contributed by atoms with van der Waals surface area (Å²) in [7, 11) is -1.94. The largest absolute Gasteiger partial charge is 0.322 e. The Bertz CT molecular complexity index is 965. The summed E-state index contributed by atoms with van der Waals surface area (Å²) in [5.41, 5.74) is 4.80. The van der Waals surface area contributed by atoms with Crippen LogP contribution in [0.4, 0.5) is 15.8 Å². The van der Waals surface area contributed by atoms with Crippen LogP contribution >= 0.6 is 7.26 Å². The number of nitrogens with one attached hydrogen (secondary N) is 2. The summed E-state index contributed by atoms with van der Waals surface area (Å²) >= 11 is 0. The maximum absolute atomic E-state index is 13.8. The molecule has 0 saturated carbocycles. The molecular formula is C27H39FN2O2PY+. The monoisotopic (exact) mass is 562 g/mol.